The summed E-state index contributed by atoms with van der Waals surface area (Å²) in [5, 5.41) is 5.82. The van der Waals surface area contributed by atoms with Crippen molar-refractivity contribution in [2.24, 2.45) is 5.73 Å². The third-order valence-electron chi connectivity index (χ3n) is 3.16. The second kappa shape index (κ2) is 6.15. The van der Waals surface area contributed by atoms with Crippen LogP contribution in [-0.4, -0.2) is 17.4 Å². The van der Waals surface area contributed by atoms with Gasteiger partial charge in [-0.2, -0.15) is 0 Å². The second-order valence-electron chi connectivity index (χ2n) is 5.15. The molecule has 0 aliphatic carbocycles. The number of aromatic nitrogens is 1. The lowest BCUT2D eigenvalue weighted by atomic mass is 9.96. The van der Waals surface area contributed by atoms with Crippen molar-refractivity contribution in [3.05, 3.63) is 52.5 Å². The number of carbonyl (C=O) groups excluding carboxylic acids is 1. The summed E-state index contributed by atoms with van der Waals surface area (Å²) < 4.78 is 0. The standard InChI is InChI=1S/C15H19N3OS/c1-15(2,14-17-8-9-20-14)18-13(19)12(10-16)11-6-4-3-5-7-11/h3-9,12H,10,16H2,1-2H3,(H,18,19). The van der Waals surface area contributed by atoms with E-state index in [-0.39, 0.29) is 18.4 Å². The monoisotopic (exact) mass is 289 g/mol. The smallest absolute Gasteiger partial charge is 0.229 e. The maximum Gasteiger partial charge on any atom is 0.229 e. The lowest BCUT2D eigenvalue weighted by molar-refractivity contribution is -0.124. The van der Waals surface area contributed by atoms with Crippen LogP contribution in [0.2, 0.25) is 0 Å². The Balaban J connectivity index is 2.14. The van der Waals surface area contributed by atoms with Crippen molar-refractivity contribution < 1.29 is 4.79 Å². The molecule has 2 rings (SSSR count). The molecule has 0 bridgehead atoms. The van der Waals surface area contributed by atoms with Crippen LogP contribution in [0, 0.1) is 0 Å². The molecule has 0 spiro atoms. The molecule has 3 N–H and O–H groups in total. The van der Waals surface area contributed by atoms with E-state index in [9.17, 15) is 4.79 Å². The van der Waals surface area contributed by atoms with E-state index in [0.29, 0.717) is 0 Å². The second-order valence-corrected chi connectivity index (χ2v) is 6.05. The first-order chi connectivity index (χ1) is 9.54. The highest BCUT2D eigenvalue weighted by Crippen LogP contribution is 2.24. The molecule has 1 heterocycles. The van der Waals surface area contributed by atoms with Crippen molar-refractivity contribution in [1.29, 1.82) is 0 Å². The number of rotatable bonds is 5. The minimum atomic E-state index is -0.493. The average Bonchev–Trinajstić information content (AvgIpc) is 2.95. The minimum Gasteiger partial charge on any atom is -0.344 e. The number of hydrogen-bond donors (Lipinski definition) is 2. The fourth-order valence-corrected chi connectivity index (χ4v) is 2.78. The number of nitrogens with zero attached hydrogens (tertiary/aromatic N) is 1. The van der Waals surface area contributed by atoms with Gasteiger partial charge in [0, 0.05) is 18.1 Å². The van der Waals surface area contributed by atoms with Gasteiger partial charge >= 0.3 is 0 Å². The van der Waals surface area contributed by atoms with Crippen molar-refractivity contribution in [2.45, 2.75) is 25.3 Å². The van der Waals surface area contributed by atoms with Gasteiger partial charge in [0.25, 0.3) is 0 Å². The lowest BCUT2D eigenvalue weighted by Gasteiger charge is -2.26. The molecule has 4 nitrogen and oxygen atoms in total. The molecule has 5 heteroatoms. The van der Waals surface area contributed by atoms with Crippen molar-refractivity contribution in [3.63, 3.8) is 0 Å². The van der Waals surface area contributed by atoms with Crippen LogP contribution in [0.3, 0.4) is 0 Å². The van der Waals surface area contributed by atoms with Crippen LogP contribution in [-0.2, 0) is 10.3 Å². The molecule has 1 amide bonds. The molecular weight excluding hydrogens is 270 g/mol. The molecule has 0 saturated carbocycles. The van der Waals surface area contributed by atoms with Gasteiger partial charge in [0.15, 0.2) is 0 Å². The normalized spacial score (nSPS) is 12.9. The first-order valence-electron chi connectivity index (χ1n) is 6.51. The number of nitrogens with one attached hydrogen (secondary N) is 1. The largest absolute Gasteiger partial charge is 0.344 e. The molecule has 0 aliphatic heterocycles. The van der Waals surface area contributed by atoms with Crippen LogP contribution < -0.4 is 11.1 Å². The minimum absolute atomic E-state index is 0.0705. The summed E-state index contributed by atoms with van der Waals surface area (Å²) in [7, 11) is 0. The highest BCUT2D eigenvalue weighted by atomic mass is 32.1. The summed E-state index contributed by atoms with van der Waals surface area (Å²) in [4.78, 5) is 16.7. The molecule has 20 heavy (non-hydrogen) atoms. The Hall–Kier alpha value is -1.72. The fraction of sp³-hybridized carbons (Fsp3) is 0.333. The van der Waals surface area contributed by atoms with E-state index in [2.05, 4.69) is 10.3 Å². The number of nitrogens with two attached hydrogens (primary N) is 1. The van der Waals surface area contributed by atoms with Gasteiger partial charge < -0.3 is 11.1 Å². The number of amides is 1. The zero-order valence-electron chi connectivity index (χ0n) is 11.7. The third kappa shape index (κ3) is 3.23. The van der Waals surface area contributed by atoms with E-state index in [1.54, 1.807) is 6.20 Å². The highest BCUT2D eigenvalue weighted by Gasteiger charge is 2.29. The van der Waals surface area contributed by atoms with Crippen LogP contribution in [0.25, 0.3) is 0 Å². The van der Waals surface area contributed by atoms with E-state index >= 15 is 0 Å². The molecule has 1 unspecified atom stereocenters. The Morgan fingerprint density at radius 2 is 2.10 bits per heavy atom. The predicted molar refractivity (Wildman–Crippen MR) is 81.5 cm³/mol. The zero-order valence-corrected chi connectivity index (χ0v) is 12.5. The quantitative estimate of drug-likeness (QED) is 0.887. The van der Waals surface area contributed by atoms with Crippen molar-refractivity contribution >= 4 is 17.2 Å². The summed E-state index contributed by atoms with van der Waals surface area (Å²) in [5.41, 5.74) is 6.21. The highest BCUT2D eigenvalue weighted by molar-refractivity contribution is 7.09. The molecule has 0 radical (unpaired) electrons. The molecule has 0 saturated heterocycles. The number of benzene rings is 1. The van der Waals surface area contributed by atoms with E-state index in [1.165, 1.54) is 11.3 Å². The summed E-state index contributed by atoms with van der Waals surface area (Å²) in [6, 6.07) is 9.60. The van der Waals surface area contributed by atoms with Gasteiger partial charge in [-0.1, -0.05) is 30.3 Å². The van der Waals surface area contributed by atoms with Crippen LogP contribution in [0.1, 0.15) is 30.3 Å². The summed E-state index contributed by atoms with van der Waals surface area (Å²) in [6.45, 7) is 4.18. The zero-order chi connectivity index (χ0) is 14.6. The van der Waals surface area contributed by atoms with Gasteiger partial charge in [-0.15, -0.1) is 11.3 Å². The number of hydrogen-bond acceptors (Lipinski definition) is 4. The summed E-state index contributed by atoms with van der Waals surface area (Å²) in [5.74, 6) is -0.408. The Kier molecular flexibility index (Phi) is 4.52. The van der Waals surface area contributed by atoms with Gasteiger partial charge in [-0.3, -0.25) is 4.79 Å². The molecule has 0 aliphatic rings. The molecular formula is C15H19N3OS. The maximum atomic E-state index is 12.5. The predicted octanol–water partition coefficient (Wildman–Crippen LogP) is 2.24. The van der Waals surface area contributed by atoms with Gasteiger partial charge in [0.2, 0.25) is 5.91 Å². The molecule has 1 atom stereocenters. The molecule has 106 valence electrons. The Bertz CT molecular complexity index is 552. The summed E-state index contributed by atoms with van der Waals surface area (Å²) in [6.07, 6.45) is 1.74. The first kappa shape index (κ1) is 14.7. The van der Waals surface area contributed by atoms with E-state index in [1.807, 2.05) is 49.6 Å². The van der Waals surface area contributed by atoms with E-state index < -0.39 is 5.54 Å². The van der Waals surface area contributed by atoms with Gasteiger partial charge in [0.1, 0.15) is 5.01 Å². The van der Waals surface area contributed by atoms with Crippen LogP contribution >= 0.6 is 11.3 Å². The Morgan fingerprint density at radius 3 is 2.65 bits per heavy atom. The fourth-order valence-electron chi connectivity index (χ4n) is 2.06. The van der Waals surface area contributed by atoms with Crippen molar-refractivity contribution in [2.75, 3.05) is 6.54 Å². The van der Waals surface area contributed by atoms with E-state index in [4.69, 9.17) is 5.73 Å². The topological polar surface area (TPSA) is 68.0 Å². The SMILES string of the molecule is CC(C)(NC(=O)C(CN)c1ccccc1)c1nccs1. The number of carbonyl (C=O) groups is 1. The molecule has 1 aromatic heterocycles. The lowest BCUT2D eigenvalue weighted by Crippen LogP contribution is -2.44. The summed E-state index contributed by atoms with van der Waals surface area (Å²) >= 11 is 1.53. The number of thiazole rings is 1. The van der Waals surface area contributed by atoms with Gasteiger partial charge in [0.05, 0.1) is 11.5 Å². The average molecular weight is 289 g/mol. The van der Waals surface area contributed by atoms with Crippen LogP contribution in [0.5, 0.6) is 0 Å². The van der Waals surface area contributed by atoms with Crippen molar-refractivity contribution in [3.8, 4) is 0 Å². The van der Waals surface area contributed by atoms with E-state index in [0.717, 1.165) is 10.6 Å². The Labute approximate surface area is 123 Å². The first-order valence-corrected chi connectivity index (χ1v) is 7.39. The van der Waals surface area contributed by atoms with Crippen LogP contribution in [0.15, 0.2) is 41.9 Å². The Morgan fingerprint density at radius 1 is 1.40 bits per heavy atom. The third-order valence-corrected chi connectivity index (χ3v) is 4.25. The molecule has 2 aromatic rings. The molecule has 1 aromatic carbocycles. The molecule has 0 fully saturated rings. The van der Waals surface area contributed by atoms with Gasteiger partial charge in [-0.05, 0) is 19.4 Å². The maximum absolute atomic E-state index is 12.5. The van der Waals surface area contributed by atoms with Crippen LogP contribution in [0.4, 0.5) is 0 Å². The van der Waals surface area contributed by atoms with Gasteiger partial charge in [-0.25, -0.2) is 4.98 Å². The van der Waals surface area contributed by atoms with Crippen molar-refractivity contribution in [1.82, 2.24) is 10.3 Å².